The lowest BCUT2D eigenvalue weighted by atomic mass is 10.00. The number of carbonyl (C=O) groups excluding carboxylic acids is 1. The van der Waals surface area contributed by atoms with E-state index in [2.05, 4.69) is 16.9 Å². The van der Waals surface area contributed by atoms with Gasteiger partial charge in [0.25, 0.3) is 0 Å². The predicted octanol–water partition coefficient (Wildman–Crippen LogP) is 2.68. The molecule has 0 aliphatic carbocycles. The summed E-state index contributed by atoms with van der Waals surface area (Å²) in [5.41, 5.74) is 3.83. The van der Waals surface area contributed by atoms with Crippen molar-refractivity contribution in [1.82, 2.24) is 9.97 Å². The molecule has 3 heteroatoms. The van der Waals surface area contributed by atoms with E-state index >= 15 is 0 Å². The summed E-state index contributed by atoms with van der Waals surface area (Å²) in [7, 11) is 0. The van der Waals surface area contributed by atoms with Crippen molar-refractivity contribution in [1.29, 1.82) is 0 Å². The Morgan fingerprint density at radius 3 is 2.88 bits per heavy atom. The van der Waals surface area contributed by atoms with E-state index in [0.717, 1.165) is 28.8 Å². The Kier molecular flexibility index (Phi) is 2.86. The van der Waals surface area contributed by atoms with Gasteiger partial charge in [-0.15, -0.1) is 0 Å². The van der Waals surface area contributed by atoms with Gasteiger partial charge in [0.05, 0.1) is 0 Å². The van der Waals surface area contributed by atoms with Crippen LogP contribution in [0.2, 0.25) is 0 Å². The number of aryl methyl sites for hydroxylation is 1. The molecular formula is C13H14N2O. The van der Waals surface area contributed by atoms with Gasteiger partial charge in [-0.2, -0.15) is 0 Å². The van der Waals surface area contributed by atoms with Crippen LogP contribution in [-0.2, 0) is 0 Å². The maximum Gasteiger partial charge on any atom is 0.151 e. The third kappa shape index (κ3) is 1.89. The number of aldehydes is 1. The predicted molar refractivity (Wildman–Crippen MR) is 62.7 cm³/mol. The number of hydrogen-bond acceptors (Lipinski definition) is 2. The Morgan fingerprint density at radius 2 is 2.31 bits per heavy atom. The van der Waals surface area contributed by atoms with Gasteiger partial charge < -0.3 is 4.98 Å². The summed E-state index contributed by atoms with van der Waals surface area (Å²) in [5.74, 6) is 0.223. The fraction of sp³-hybridized carbons (Fsp3) is 0.231. The minimum atomic E-state index is 0.223. The monoisotopic (exact) mass is 214 g/mol. The maximum absolute atomic E-state index is 10.8. The molecule has 0 aliphatic rings. The molecular weight excluding hydrogens is 200 g/mol. The second kappa shape index (κ2) is 4.31. The van der Waals surface area contributed by atoms with Crippen LogP contribution in [0.5, 0.6) is 0 Å². The molecule has 1 N–H and O–H groups in total. The van der Waals surface area contributed by atoms with Crippen molar-refractivity contribution < 1.29 is 4.79 Å². The molecule has 82 valence electrons. The van der Waals surface area contributed by atoms with Crippen LogP contribution in [0.1, 0.15) is 40.2 Å². The van der Waals surface area contributed by atoms with Gasteiger partial charge in [-0.3, -0.25) is 9.78 Å². The second-order valence-corrected chi connectivity index (χ2v) is 3.93. The van der Waals surface area contributed by atoms with Crippen LogP contribution in [-0.4, -0.2) is 16.3 Å². The highest BCUT2D eigenvalue weighted by molar-refractivity contribution is 5.77. The summed E-state index contributed by atoms with van der Waals surface area (Å²) in [4.78, 5) is 18.1. The molecule has 0 amide bonds. The molecule has 2 heterocycles. The second-order valence-electron chi connectivity index (χ2n) is 3.93. The first-order chi connectivity index (χ1) is 7.72. The number of aromatic nitrogens is 2. The number of nitrogens with zero attached hydrogens (tertiary/aromatic N) is 1. The maximum atomic E-state index is 10.8. The highest BCUT2D eigenvalue weighted by atomic mass is 16.1. The number of aromatic amines is 1. The molecule has 0 fully saturated rings. The summed E-state index contributed by atoms with van der Waals surface area (Å²) in [6.45, 7) is 4.00. The Bertz CT molecular complexity index is 488. The molecule has 2 aromatic heterocycles. The summed E-state index contributed by atoms with van der Waals surface area (Å²) in [6.07, 6.45) is 4.49. The van der Waals surface area contributed by atoms with Gasteiger partial charge in [0.2, 0.25) is 0 Å². The third-order valence-electron chi connectivity index (χ3n) is 2.85. The van der Waals surface area contributed by atoms with Crippen LogP contribution < -0.4 is 0 Å². The minimum absolute atomic E-state index is 0.223. The molecule has 0 aliphatic heterocycles. The number of pyridine rings is 1. The molecule has 0 spiro atoms. The van der Waals surface area contributed by atoms with Crippen LogP contribution in [0.3, 0.4) is 0 Å². The highest BCUT2D eigenvalue weighted by Gasteiger charge is 2.12. The minimum Gasteiger partial charge on any atom is -0.361 e. The average Bonchev–Trinajstić information content (AvgIpc) is 2.71. The first-order valence-electron chi connectivity index (χ1n) is 5.27. The number of nitrogens with one attached hydrogen (secondary N) is 1. The molecule has 3 nitrogen and oxygen atoms in total. The van der Waals surface area contributed by atoms with Gasteiger partial charge in [-0.25, -0.2) is 0 Å². The van der Waals surface area contributed by atoms with Crippen LogP contribution in [0.4, 0.5) is 0 Å². The number of rotatable bonds is 3. The zero-order chi connectivity index (χ0) is 11.5. The van der Waals surface area contributed by atoms with Gasteiger partial charge >= 0.3 is 0 Å². The van der Waals surface area contributed by atoms with E-state index in [1.807, 2.05) is 31.3 Å². The SMILES string of the molecule is Cc1[nH]c([C@H](C)c2cccnc2)cc1C=O. The topological polar surface area (TPSA) is 45.8 Å². The van der Waals surface area contributed by atoms with E-state index in [-0.39, 0.29) is 5.92 Å². The van der Waals surface area contributed by atoms with Crippen molar-refractivity contribution >= 4 is 6.29 Å². The third-order valence-corrected chi connectivity index (χ3v) is 2.85. The fourth-order valence-corrected chi connectivity index (χ4v) is 1.77. The first-order valence-corrected chi connectivity index (χ1v) is 5.27. The van der Waals surface area contributed by atoms with Gasteiger partial charge in [0.1, 0.15) is 0 Å². The number of hydrogen-bond donors (Lipinski definition) is 1. The zero-order valence-corrected chi connectivity index (χ0v) is 9.40. The van der Waals surface area contributed by atoms with Gasteiger partial charge in [-0.05, 0) is 24.6 Å². The fourth-order valence-electron chi connectivity index (χ4n) is 1.77. The Morgan fingerprint density at radius 1 is 1.50 bits per heavy atom. The van der Waals surface area contributed by atoms with Crippen molar-refractivity contribution in [3.8, 4) is 0 Å². The smallest absolute Gasteiger partial charge is 0.151 e. The summed E-state index contributed by atoms with van der Waals surface area (Å²) in [5, 5.41) is 0. The first kappa shape index (κ1) is 10.6. The molecule has 2 rings (SSSR count). The summed E-state index contributed by atoms with van der Waals surface area (Å²) >= 11 is 0. The molecule has 0 bridgehead atoms. The molecule has 0 radical (unpaired) electrons. The van der Waals surface area contributed by atoms with Crippen molar-refractivity contribution in [3.05, 3.63) is 53.1 Å². The summed E-state index contributed by atoms with van der Waals surface area (Å²) in [6, 6.07) is 5.86. The summed E-state index contributed by atoms with van der Waals surface area (Å²) < 4.78 is 0. The van der Waals surface area contributed by atoms with E-state index in [1.54, 1.807) is 6.20 Å². The Labute approximate surface area is 94.5 Å². The quantitative estimate of drug-likeness (QED) is 0.798. The lowest BCUT2D eigenvalue weighted by Gasteiger charge is -2.08. The molecule has 1 atom stereocenters. The lowest BCUT2D eigenvalue weighted by molar-refractivity contribution is 0.112. The Hall–Kier alpha value is -1.90. The normalized spacial score (nSPS) is 12.4. The van der Waals surface area contributed by atoms with Crippen molar-refractivity contribution in [2.75, 3.05) is 0 Å². The standard InChI is InChI=1S/C13H14N2O/c1-9(11-4-3-5-14-7-11)13-6-12(8-16)10(2)15-13/h3-9,15H,1-2H3/t9-/m1/s1. The van der Waals surface area contributed by atoms with E-state index in [1.165, 1.54) is 0 Å². The number of H-pyrrole nitrogens is 1. The molecule has 2 aromatic rings. The van der Waals surface area contributed by atoms with Crippen LogP contribution in [0, 0.1) is 6.92 Å². The van der Waals surface area contributed by atoms with Crippen molar-refractivity contribution in [3.63, 3.8) is 0 Å². The number of carbonyl (C=O) groups is 1. The van der Waals surface area contributed by atoms with E-state index in [9.17, 15) is 4.79 Å². The van der Waals surface area contributed by atoms with E-state index < -0.39 is 0 Å². The highest BCUT2D eigenvalue weighted by Crippen LogP contribution is 2.23. The van der Waals surface area contributed by atoms with Crippen molar-refractivity contribution in [2.24, 2.45) is 0 Å². The van der Waals surface area contributed by atoms with E-state index in [0.29, 0.717) is 0 Å². The zero-order valence-electron chi connectivity index (χ0n) is 9.40. The largest absolute Gasteiger partial charge is 0.361 e. The Balaban J connectivity index is 2.34. The van der Waals surface area contributed by atoms with E-state index in [4.69, 9.17) is 0 Å². The molecule has 0 aromatic carbocycles. The van der Waals surface area contributed by atoms with Gasteiger partial charge in [0, 0.05) is 35.3 Å². The van der Waals surface area contributed by atoms with Crippen LogP contribution in [0.25, 0.3) is 0 Å². The molecule has 0 unspecified atom stereocenters. The van der Waals surface area contributed by atoms with Gasteiger partial charge in [-0.1, -0.05) is 13.0 Å². The van der Waals surface area contributed by atoms with Crippen molar-refractivity contribution in [2.45, 2.75) is 19.8 Å². The van der Waals surface area contributed by atoms with Crippen LogP contribution >= 0.6 is 0 Å². The lowest BCUT2D eigenvalue weighted by Crippen LogP contribution is -1.96. The van der Waals surface area contributed by atoms with Crippen LogP contribution in [0.15, 0.2) is 30.6 Å². The molecule has 0 saturated heterocycles. The molecule has 0 saturated carbocycles. The van der Waals surface area contributed by atoms with Gasteiger partial charge in [0.15, 0.2) is 6.29 Å². The average molecular weight is 214 g/mol. The molecule has 16 heavy (non-hydrogen) atoms.